The number of hydrogen-bond acceptors (Lipinski definition) is 3. The van der Waals surface area contributed by atoms with Crippen LogP contribution >= 0.6 is 23.2 Å². The second-order valence-corrected chi connectivity index (χ2v) is 6.13. The van der Waals surface area contributed by atoms with Gasteiger partial charge in [0.05, 0.1) is 16.1 Å². The summed E-state index contributed by atoms with van der Waals surface area (Å²) in [5.41, 5.74) is 0.129. The van der Waals surface area contributed by atoms with Crippen LogP contribution in [-0.4, -0.2) is 16.7 Å². The predicted molar refractivity (Wildman–Crippen MR) is 76.5 cm³/mol. The quantitative estimate of drug-likeness (QED) is 0.850. The van der Waals surface area contributed by atoms with Crippen LogP contribution in [-0.2, 0) is 9.53 Å². The fourth-order valence-corrected chi connectivity index (χ4v) is 1.84. The van der Waals surface area contributed by atoms with Crippen molar-refractivity contribution >= 4 is 29.2 Å². The lowest BCUT2D eigenvalue weighted by molar-refractivity contribution is -0.155. The third-order valence-electron chi connectivity index (χ3n) is 2.37. The molecule has 0 heterocycles. The molecule has 1 N–H and O–H groups in total. The molecule has 1 aromatic rings. The molecular formula is C14H18Cl2O3. The molecule has 0 aliphatic heterocycles. The zero-order chi connectivity index (χ0) is 14.6. The molecule has 1 rings (SSSR count). The molecule has 0 saturated heterocycles. The summed E-state index contributed by atoms with van der Waals surface area (Å²) in [5, 5.41) is 10.8. The Morgan fingerprint density at radius 2 is 1.95 bits per heavy atom. The minimum Gasteiger partial charge on any atom is -0.460 e. The van der Waals surface area contributed by atoms with Gasteiger partial charge in [-0.05, 0) is 44.9 Å². The maximum absolute atomic E-state index is 11.5. The van der Waals surface area contributed by atoms with Gasteiger partial charge in [-0.15, -0.1) is 0 Å². The first-order chi connectivity index (χ1) is 8.69. The molecule has 0 unspecified atom stereocenters. The molecule has 0 aromatic heterocycles. The molecule has 1 aromatic carbocycles. The van der Waals surface area contributed by atoms with Crippen molar-refractivity contribution < 1.29 is 14.6 Å². The number of carbonyl (C=O) groups is 1. The van der Waals surface area contributed by atoms with E-state index in [9.17, 15) is 9.90 Å². The number of carbonyl (C=O) groups excluding carboxylic acids is 1. The monoisotopic (exact) mass is 304 g/mol. The number of hydrogen-bond donors (Lipinski definition) is 1. The van der Waals surface area contributed by atoms with Crippen molar-refractivity contribution in [2.75, 3.05) is 0 Å². The molecule has 0 aliphatic carbocycles. The molecular weight excluding hydrogens is 287 g/mol. The van der Waals surface area contributed by atoms with Crippen molar-refractivity contribution in [3.05, 3.63) is 33.8 Å². The standard InChI is InChI=1S/C14H18Cl2O3/c1-14(2,3)19-13(18)7-6-12(17)9-4-5-10(15)11(16)8-9/h4-5,8,12,17H,6-7H2,1-3H3/t12-/m1/s1. The molecule has 0 bridgehead atoms. The number of esters is 1. The Kier molecular flexibility index (Phi) is 5.65. The van der Waals surface area contributed by atoms with Crippen LogP contribution in [0.4, 0.5) is 0 Å². The van der Waals surface area contributed by atoms with E-state index in [2.05, 4.69) is 0 Å². The minimum atomic E-state index is -0.762. The number of halogens is 2. The van der Waals surface area contributed by atoms with Crippen LogP contribution in [0.3, 0.4) is 0 Å². The van der Waals surface area contributed by atoms with E-state index in [1.165, 1.54) is 0 Å². The smallest absolute Gasteiger partial charge is 0.306 e. The Morgan fingerprint density at radius 3 is 2.47 bits per heavy atom. The van der Waals surface area contributed by atoms with Gasteiger partial charge in [0.1, 0.15) is 5.60 Å². The average Bonchev–Trinajstić information content (AvgIpc) is 2.27. The topological polar surface area (TPSA) is 46.5 Å². The van der Waals surface area contributed by atoms with E-state index >= 15 is 0 Å². The van der Waals surface area contributed by atoms with Crippen molar-refractivity contribution in [3.63, 3.8) is 0 Å². The van der Waals surface area contributed by atoms with Crippen molar-refractivity contribution in [2.24, 2.45) is 0 Å². The van der Waals surface area contributed by atoms with E-state index in [-0.39, 0.29) is 18.8 Å². The molecule has 0 amide bonds. The third-order valence-corrected chi connectivity index (χ3v) is 3.11. The first-order valence-corrected chi connectivity index (χ1v) is 6.79. The molecule has 3 nitrogen and oxygen atoms in total. The van der Waals surface area contributed by atoms with Gasteiger partial charge in [0.15, 0.2) is 0 Å². The summed E-state index contributed by atoms with van der Waals surface area (Å²) >= 11 is 11.7. The number of benzene rings is 1. The molecule has 0 saturated carbocycles. The number of aliphatic hydroxyl groups excluding tert-OH is 1. The second kappa shape index (κ2) is 6.60. The van der Waals surface area contributed by atoms with E-state index in [4.69, 9.17) is 27.9 Å². The molecule has 0 aliphatic rings. The largest absolute Gasteiger partial charge is 0.460 e. The first kappa shape index (κ1) is 16.3. The fourth-order valence-electron chi connectivity index (χ4n) is 1.53. The van der Waals surface area contributed by atoms with E-state index < -0.39 is 11.7 Å². The lowest BCUT2D eigenvalue weighted by Crippen LogP contribution is -2.24. The van der Waals surface area contributed by atoms with Gasteiger partial charge in [0.25, 0.3) is 0 Å². The van der Waals surface area contributed by atoms with Gasteiger partial charge >= 0.3 is 5.97 Å². The number of rotatable bonds is 4. The summed E-state index contributed by atoms with van der Waals surface area (Å²) in [4.78, 5) is 11.5. The minimum absolute atomic E-state index is 0.151. The van der Waals surface area contributed by atoms with Gasteiger partial charge in [-0.2, -0.15) is 0 Å². The number of aliphatic hydroxyl groups is 1. The summed E-state index contributed by atoms with van der Waals surface area (Å²) in [6.45, 7) is 5.42. The van der Waals surface area contributed by atoms with Crippen molar-refractivity contribution in [1.82, 2.24) is 0 Å². The Morgan fingerprint density at radius 1 is 1.32 bits per heavy atom. The highest BCUT2D eigenvalue weighted by atomic mass is 35.5. The van der Waals surface area contributed by atoms with Crippen molar-refractivity contribution in [2.45, 2.75) is 45.3 Å². The van der Waals surface area contributed by atoms with E-state index in [1.54, 1.807) is 39.0 Å². The maximum Gasteiger partial charge on any atom is 0.306 e. The molecule has 0 fully saturated rings. The summed E-state index contributed by atoms with van der Waals surface area (Å²) in [5.74, 6) is -0.327. The SMILES string of the molecule is CC(C)(C)OC(=O)CC[C@@H](O)c1ccc(Cl)c(Cl)c1. The zero-order valence-corrected chi connectivity index (χ0v) is 12.8. The highest BCUT2D eigenvalue weighted by Crippen LogP contribution is 2.27. The van der Waals surface area contributed by atoms with Gasteiger partial charge in [-0.1, -0.05) is 29.3 Å². The van der Waals surface area contributed by atoms with Gasteiger partial charge in [0.2, 0.25) is 0 Å². The Hall–Kier alpha value is -0.770. The fraction of sp³-hybridized carbons (Fsp3) is 0.500. The summed E-state index contributed by atoms with van der Waals surface area (Å²) in [6, 6.07) is 4.91. The molecule has 5 heteroatoms. The van der Waals surface area contributed by atoms with Crippen LogP contribution in [0.5, 0.6) is 0 Å². The van der Waals surface area contributed by atoms with Crippen LogP contribution in [0.15, 0.2) is 18.2 Å². The predicted octanol–water partition coefficient (Wildman–Crippen LogP) is 4.15. The van der Waals surface area contributed by atoms with E-state index in [1.807, 2.05) is 0 Å². The normalized spacial score (nSPS) is 13.2. The number of ether oxygens (including phenoxy) is 1. The lowest BCUT2D eigenvalue weighted by Gasteiger charge is -2.20. The van der Waals surface area contributed by atoms with Crippen molar-refractivity contribution in [3.8, 4) is 0 Å². The van der Waals surface area contributed by atoms with Crippen molar-refractivity contribution in [1.29, 1.82) is 0 Å². The molecule has 106 valence electrons. The van der Waals surface area contributed by atoms with Crippen LogP contribution in [0, 0.1) is 0 Å². The highest BCUT2D eigenvalue weighted by Gasteiger charge is 2.18. The summed E-state index contributed by atoms with van der Waals surface area (Å²) < 4.78 is 5.17. The van der Waals surface area contributed by atoms with Gasteiger partial charge < -0.3 is 9.84 Å². The molecule has 0 spiro atoms. The summed E-state index contributed by atoms with van der Waals surface area (Å²) in [7, 11) is 0. The maximum atomic E-state index is 11.5. The van der Waals surface area contributed by atoms with E-state index in [0.29, 0.717) is 15.6 Å². The highest BCUT2D eigenvalue weighted by molar-refractivity contribution is 6.42. The van der Waals surface area contributed by atoms with Crippen LogP contribution in [0.1, 0.15) is 45.3 Å². The Balaban J connectivity index is 2.53. The first-order valence-electron chi connectivity index (χ1n) is 6.04. The third kappa shape index (κ3) is 5.81. The van der Waals surface area contributed by atoms with E-state index in [0.717, 1.165) is 0 Å². The molecule has 0 radical (unpaired) electrons. The molecule has 19 heavy (non-hydrogen) atoms. The Bertz CT molecular complexity index is 452. The average molecular weight is 305 g/mol. The van der Waals surface area contributed by atoms with Crippen LogP contribution in [0.2, 0.25) is 10.0 Å². The van der Waals surface area contributed by atoms with Gasteiger partial charge in [-0.3, -0.25) is 4.79 Å². The molecule has 1 atom stereocenters. The van der Waals surface area contributed by atoms with Gasteiger partial charge in [-0.25, -0.2) is 0 Å². The van der Waals surface area contributed by atoms with Crippen LogP contribution in [0.25, 0.3) is 0 Å². The second-order valence-electron chi connectivity index (χ2n) is 5.31. The Labute approximate surface area is 123 Å². The lowest BCUT2D eigenvalue weighted by atomic mass is 10.0. The zero-order valence-electron chi connectivity index (χ0n) is 11.2. The van der Waals surface area contributed by atoms with Crippen LogP contribution < -0.4 is 0 Å². The summed E-state index contributed by atoms with van der Waals surface area (Å²) in [6.07, 6.45) is -0.326. The van der Waals surface area contributed by atoms with Gasteiger partial charge in [0, 0.05) is 6.42 Å².